The van der Waals surface area contributed by atoms with Crippen molar-refractivity contribution < 1.29 is 4.79 Å². The number of nitrogens with zero attached hydrogens (tertiary/aromatic N) is 2. The van der Waals surface area contributed by atoms with Crippen molar-refractivity contribution in [3.05, 3.63) is 35.4 Å². The van der Waals surface area contributed by atoms with E-state index in [0.717, 1.165) is 18.4 Å². The number of amides is 1. The van der Waals surface area contributed by atoms with Crippen molar-refractivity contribution in [3.8, 4) is 6.07 Å². The molecule has 1 saturated heterocycles. The molecule has 0 saturated carbocycles. The van der Waals surface area contributed by atoms with Crippen LogP contribution in [0.1, 0.15) is 30.9 Å². The molecule has 0 radical (unpaired) electrons. The van der Waals surface area contributed by atoms with Crippen molar-refractivity contribution in [2.45, 2.75) is 32.4 Å². The summed E-state index contributed by atoms with van der Waals surface area (Å²) < 4.78 is 0. The highest BCUT2D eigenvalue weighted by Crippen LogP contribution is 2.24. The van der Waals surface area contributed by atoms with E-state index in [9.17, 15) is 4.79 Å². The second kappa shape index (κ2) is 5.85. The fraction of sp³-hybridized carbons (Fsp3) is 0.467. The van der Waals surface area contributed by atoms with E-state index in [2.05, 4.69) is 17.9 Å². The van der Waals surface area contributed by atoms with E-state index in [1.165, 1.54) is 0 Å². The summed E-state index contributed by atoms with van der Waals surface area (Å²) in [5, 5.41) is 9.11. The van der Waals surface area contributed by atoms with Crippen LogP contribution in [0.15, 0.2) is 24.3 Å². The molecule has 1 fully saturated rings. The topological polar surface area (TPSA) is 70.1 Å². The van der Waals surface area contributed by atoms with Crippen molar-refractivity contribution in [3.63, 3.8) is 0 Å². The predicted molar refractivity (Wildman–Crippen MR) is 72.9 cm³/mol. The minimum Gasteiger partial charge on any atom is -0.369 e. The molecule has 0 bridgehead atoms. The molecule has 1 amide bonds. The minimum absolute atomic E-state index is 0.0644. The third kappa shape index (κ3) is 3.12. The summed E-state index contributed by atoms with van der Waals surface area (Å²) in [5.74, 6) is -0.282. The lowest BCUT2D eigenvalue weighted by molar-refractivity contribution is -0.124. The Morgan fingerprint density at radius 2 is 2.21 bits per heavy atom. The summed E-state index contributed by atoms with van der Waals surface area (Å²) in [6.07, 6.45) is 1.84. The summed E-state index contributed by atoms with van der Waals surface area (Å²) in [7, 11) is 0. The number of benzene rings is 1. The number of likely N-dealkylation sites (tertiary alicyclic amines) is 1. The van der Waals surface area contributed by atoms with Crippen molar-refractivity contribution in [2.24, 2.45) is 11.7 Å². The van der Waals surface area contributed by atoms with Gasteiger partial charge in [0, 0.05) is 19.1 Å². The first-order chi connectivity index (χ1) is 9.11. The summed E-state index contributed by atoms with van der Waals surface area (Å²) in [6.45, 7) is 3.55. The first kappa shape index (κ1) is 13.6. The number of hydrogen-bond acceptors (Lipinski definition) is 3. The number of rotatable bonds is 3. The van der Waals surface area contributed by atoms with Crippen LogP contribution in [0.4, 0.5) is 0 Å². The number of nitrogens with two attached hydrogens (primary N) is 1. The van der Waals surface area contributed by atoms with Gasteiger partial charge < -0.3 is 5.73 Å². The van der Waals surface area contributed by atoms with E-state index in [1.807, 2.05) is 24.3 Å². The van der Waals surface area contributed by atoms with Gasteiger partial charge in [0.15, 0.2) is 0 Å². The Balaban J connectivity index is 2.12. The molecule has 4 nitrogen and oxygen atoms in total. The average Bonchev–Trinajstić information content (AvgIpc) is 2.41. The molecule has 4 heteroatoms. The third-order valence-corrected chi connectivity index (χ3v) is 3.92. The van der Waals surface area contributed by atoms with Crippen molar-refractivity contribution in [2.75, 3.05) is 6.54 Å². The van der Waals surface area contributed by atoms with Gasteiger partial charge in [0.25, 0.3) is 0 Å². The van der Waals surface area contributed by atoms with Crippen molar-refractivity contribution in [1.29, 1.82) is 5.26 Å². The molecule has 1 aromatic rings. The third-order valence-electron chi connectivity index (χ3n) is 3.92. The number of piperidine rings is 1. The Morgan fingerprint density at radius 1 is 1.47 bits per heavy atom. The van der Waals surface area contributed by atoms with Gasteiger partial charge in [0.2, 0.25) is 5.91 Å². The molecule has 2 N–H and O–H groups in total. The normalized spacial score (nSPS) is 23.8. The number of hydrogen-bond donors (Lipinski definition) is 1. The lowest BCUT2D eigenvalue weighted by Gasteiger charge is -2.37. The highest BCUT2D eigenvalue weighted by atomic mass is 16.1. The molecular formula is C15H19N3O. The van der Waals surface area contributed by atoms with Crippen LogP contribution in [0.3, 0.4) is 0 Å². The van der Waals surface area contributed by atoms with E-state index in [-0.39, 0.29) is 11.8 Å². The largest absolute Gasteiger partial charge is 0.369 e. The zero-order valence-corrected chi connectivity index (χ0v) is 11.2. The lowest BCUT2D eigenvalue weighted by Crippen LogP contribution is -2.45. The summed E-state index contributed by atoms with van der Waals surface area (Å²) in [5.41, 5.74) is 7.13. The van der Waals surface area contributed by atoms with Crippen LogP contribution < -0.4 is 5.73 Å². The van der Waals surface area contributed by atoms with Crippen LogP contribution >= 0.6 is 0 Å². The van der Waals surface area contributed by atoms with Crippen molar-refractivity contribution in [1.82, 2.24) is 4.90 Å². The van der Waals surface area contributed by atoms with Gasteiger partial charge in [0.1, 0.15) is 0 Å². The second-order valence-electron chi connectivity index (χ2n) is 5.22. The number of carbonyl (C=O) groups is 1. The van der Waals surface area contributed by atoms with Gasteiger partial charge in [-0.3, -0.25) is 9.69 Å². The van der Waals surface area contributed by atoms with Gasteiger partial charge in [-0.1, -0.05) is 18.2 Å². The quantitative estimate of drug-likeness (QED) is 0.895. The highest BCUT2D eigenvalue weighted by molar-refractivity contribution is 5.77. The zero-order chi connectivity index (χ0) is 13.8. The molecule has 0 spiro atoms. The molecule has 2 rings (SSSR count). The van der Waals surface area contributed by atoms with Crippen LogP contribution in [0.2, 0.25) is 0 Å². The predicted octanol–water partition coefficient (Wildman–Crippen LogP) is 1.64. The van der Waals surface area contributed by atoms with E-state index in [0.29, 0.717) is 24.7 Å². The first-order valence-electron chi connectivity index (χ1n) is 6.63. The Kier molecular flexibility index (Phi) is 4.18. The maximum Gasteiger partial charge on any atom is 0.221 e. The zero-order valence-electron chi connectivity index (χ0n) is 11.2. The summed E-state index contributed by atoms with van der Waals surface area (Å²) in [6, 6.07) is 10.2. The van der Waals surface area contributed by atoms with Crippen LogP contribution in [0.5, 0.6) is 0 Å². The van der Waals surface area contributed by atoms with Gasteiger partial charge >= 0.3 is 0 Å². The van der Waals surface area contributed by atoms with E-state index in [4.69, 9.17) is 11.0 Å². The van der Waals surface area contributed by atoms with Crippen LogP contribution in [0.25, 0.3) is 0 Å². The highest BCUT2D eigenvalue weighted by Gasteiger charge is 2.28. The Hall–Kier alpha value is -1.86. The van der Waals surface area contributed by atoms with Gasteiger partial charge in [0.05, 0.1) is 17.6 Å². The number of primary amides is 1. The second-order valence-corrected chi connectivity index (χ2v) is 5.22. The maximum atomic E-state index is 11.3. The Labute approximate surface area is 113 Å². The van der Waals surface area contributed by atoms with E-state index in [1.54, 1.807) is 0 Å². The molecule has 1 aliphatic rings. The summed E-state index contributed by atoms with van der Waals surface area (Å²) in [4.78, 5) is 13.6. The van der Waals surface area contributed by atoms with Crippen molar-refractivity contribution >= 4 is 5.91 Å². The molecule has 100 valence electrons. The SMILES string of the molecule is CC1CCC(C(N)=O)CN1Cc1ccccc1C#N. The number of nitriles is 1. The van der Waals surface area contributed by atoms with Gasteiger partial charge in [-0.15, -0.1) is 0 Å². The van der Waals surface area contributed by atoms with E-state index >= 15 is 0 Å². The molecule has 2 atom stereocenters. The van der Waals surface area contributed by atoms with Gasteiger partial charge in [-0.2, -0.15) is 5.26 Å². The monoisotopic (exact) mass is 257 g/mol. The number of carbonyl (C=O) groups excluding carboxylic acids is 1. The molecule has 1 heterocycles. The lowest BCUT2D eigenvalue weighted by atomic mass is 9.92. The fourth-order valence-electron chi connectivity index (χ4n) is 2.62. The standard InChI is InChI=1S/C15H19N3O/c1-11-6-7-14(15(17)19)10-18(11)9-13-5-3-2-4-12(13)8-16/h2-5,11,14H,6-7,9-10H2,1H3,(H2,17,19). The fourth-order valence-corrected chi connectivity index (χ4v) is 2.62. The molecule has 0 aromatic heterocycles. The molecule has 1 aliphatic heterocycles. The van der Waals surface area contributed by atoms with Crippen LogP contribution in [-0.2, 0) is 11.3 Å². The molecule has 2 unspecified atom stereocenters. The minimum atomic E-state index is -0.217. The Morgan fingerprint density at radius 3 is 2.89 bits per heavy atom. The van der Waals surface area contributed by atoms with Gasteiger partial charge in [-0.05, 0) is 31.4 Å². The maximum absolute atomic E-state index is 11.3. The van der Waals surface area contributed by atoms with Gasteiger partial charge in [-0.25, -0.2) is 0 Å². The smallest absolute Gasteiger partial charge is 0.221 e. The summed E-state index contributed by atoms with van der Waals surface area (Å²) >= 11 is 0. The molecular weight excluding hydrogens is 238 g/mol. The average molecular weight is 257 g/mol. The Bertz CT molecular complexity index is 506. The van der Waals surface area contributed by atoms with E-state index < -0.39 is 0 Å². The molecule has 0 aliphatic carbocycles. The van der Waals surface area contributed by atoms with Crippen LogP contribution in [-0.4, -0.2) is 23.4 Å². The first-order valence-corrected chi connectivity index (χ1v) is 6.63. The molecule has 1 aromatic carbocycles. The van der Waals surface area contributed by atoms with Crippen LogP contribution in [0, 0.1) is 17.2 Å². The molecule has 19 heavy (non-hydrogen) atoms.